The molecule has 1 aromatic carbocycles. The van der Waals surface area contributed by atoms with Crippen LogP contribution in [0.4, 0.5) is 16.9 Å². The summed E-state index contributed by atoms with van der Waals surface area (Å²) >= 11 is 5.07. The molecule has 0 aliphatic heterocycles. The average molecular weight is 464 g/mol. The van der Waals surface area contributed by atoms with E-state index < -0.39 is 0 Å². The molecule has 7 nitrogen and oxygen atoms in total. The third-order valence-corrected chi connectivity index (χ3v) is 6.11. The van der Waals surface area contributed by atoms with Gasteiger partial charge in [0.1, 0.15) is 5.82 Å². The molecule has 0 atom stereocenters. The Bertz CT molecular complexity index is 959. The molecule has 28 heavy (non-hydrogen) atoms. The zero-order chi connectivity index (χ0) is 19.5. The Balaban J connectivity index is 1.55. The molecule has 1 fully saturated rings. The van der Waals surface area contributed by atoms with E-state index in [1.54, 1.807) is 18.4 Å². The Morgan fingerprint density at radius 1 is 1.18 bits per heavy atom. The van der Waals surface area contributed by atoms with Gasteiger partial charge in [0.15, 0.2) is 5.13 Å². The Labute approximate surface area is 175 Å². The predicted octanol–water partition coefficient (Wildman–Crippen LogP) is 4.45. The van der Waals surface area contributed by atoms with Crippen LogP contribution in [0.15, 0.2) is 28.7 Å². The number of thiazole rings is 1. The van der Waals surface area contributed by atoms with Crippen LogP contribution < -0.4 is 10.6 Å². The quantitative estimate of drug-likeness (QED) is 0.496. The molecule has 0 bridgehead atoms. The fraction of sp³-hybridized carbons (Fsp3) is 0.421. The summed E-state index contributed by atoms with van der Waals surface area (Å²) < 4.78 is 7.39. The van der Waals surface area contributed by atoms with E-state index in [1.165, 1.54) is 0 Å². The number of fused-ring (bicyclic) bond motifs is 1. The lowest BCUT2D eigenvalue weighted by atomic mass is 9.93. The number of nitrogens with zero attached hydrogens (tertiary/aromatic N) is 3. The van der Waals surface area contributed by atoms with Crippen molar-refractivity contribution in [1.29, 1.82) is 0 Å². The summed E-state index contributed by atoms with van der Waals surface area (Å²) in [5, 5.41) is 17.2. The van der Waals surface area contributed by atoms with Crippen molar-refractivity contribution < 1.29 is 9.84 Å². The minimum absolute atomic E-state index is 0.185. The molecule has 3 aromatic rings. The molecule has 3 N–H and O–H groups in total. The number of anilines is 3. The number of benzene rings is 1. The van der Waals surface area contributed by atoms with E-state index in [9.17, 15) is 5.11 Å². The minimum atomic E-state index is -0.185. The van der Waals surface area contributed by atoms with Crippen molar-refractivity contribution in [2.24, 2.45) is 0 Å². The molecule has 1 aliphatic carbocycles. The van der Waals surface area contributed by atoms with Crippen molar-refractivity contribution in [1.82, 2.24) is 15.0 Å². The second-order valence-corrected chi connectivity index (χ2v) is 8.85. The summed E-state index contributed by atoms with van der Waals surface area (Å²) in [7, 11) is 1.65. The molecule has 1 saturated carbocycles. The van der Waals surface area contributed by atoms with Crippen LogP contribution in [0.2, 0.25) is 0 Å². The highest BCUT2D eigenvalue weighted by Gasteiger charge is 2.20. The number of nitrogens with one attached hydrogen (secondary N) is 2. The highest BCUT2D eigenvalue weighted by molar-refractivity contribution is 9.10. The van der Waals surface area contributed by atoms with Gasteiger partial charge in [-0.25, -0.2) is 9.97 Å². The van der Waals surface area contributed by atoms with E-state index in [4.69, 9.17) is 4.74 Å². The molecule has 0 saturated heterocycles. The number of methoxy groups -OCH3 is 1. The summed E-state index contributed by atoms with van der Waals surface area (Å²) in [6.45, 7) is 0.405. The van der Waals surface area contributed by atoms with Gasteiger partial charge < -0.3 is 20.5 Å². The molecule has 2 aromatic heterocycles. The summed E-state index contributed by atoms with van der Waals surface area (Å²) in [5.74, 6) is 1.25. The highest BCUT2D eigenvalue weighted by atomic mass is 79.9. The Morgan fingerprint density at radius 3 is 2.79 bits per heavy atom. The molecular formula is C19H22BrN5O2S. The average Bonchev–Trinajstić information content (AvgIpc) is 3.05. The van der Waals surface area contributed by atoms with E-state index >= 15 is 0 Å². The maximum atomic E-state index is 9.70. The maximum absolute atomic E-state index is 9.70. The second kappa shape index (κ2) is 8.69. The van der Waals surface area contributed by atoms with Gasteiger partial charge in [-0.1, -0.05) is 27.3 Å². The van der Waals surface area contributed by atoms with Crippen molar-refractivity contribution >= 4 is 54.4 Å². The third kappa shape index (κ3) is 4.78. The van der Waals surface area contributed by atoms with Gasteiger partial charge in [0.2, 0.25) is 5.95 Å². The Hall–Kier alpha value is -1.81. The molecule has 9 heteroatoms. The van der Waals surface area contributed by atoms with Crippen LogP contribution in [0.5, 0.6) is 0 Å². The van der Waals surface area contributed by atoms with Crippen LogP contribution in [0.1, 0.15) is 31.4 Å². The van der Waals surface area contributed by atoms with E-state index in [0.29, 0.717) is 18.4 Å². The largest absolute Gasteiger partial charge is 0.393 e. The highest BCUT2D eigenvalue weighted by Crippen LogP contribution is 2.30. The van der Waals surface area contributed by atoms with Crippen LogP contribution in [-0.2, 0) is 11.3 Å². The molecule has 0 spiro atoms. The van der Waals surface area contributed by atoms with Gasteiger partial charge in [-0.2, -0.15) is 4.98 Å². The lowest BCUT2D eigenvalue weighted by molar-refractivity contribution is 0.126. The molecule has 0 radical (unpaired) electrons. The van der Waals surface area contributed by atoms with Crippen molar-refractivity contribution in [3.05, 3.63) is 34.4 Å². The first-order chi connectivity index (χ1) is 13.6. The van der Waals surface area contributed by atoms with E-state index in [-0.39, 0.29) is 12.1 Å². The van der Waals surface area contributed by atoms with Gasteiger partial charge in [-0.05, 0) is 43.9 Å². The third-order valence-electron chi connectivity index (χ3n) is 4.69. The SMILES string of the molecule is COCc1cc(Nc2nc3ccc(Br)cc3s2)nc(NC2CCC(O)CC2)n1. The number of ether oxygens (including phenoxy) is 1. The molecule has 148 valence electrons. The lowest BCUT2D eigenvalue weighted by Gasteiger charge is -2.26. The number of aliphatic hydroxyl groups excluding tert-OH is 1. The molecule has 1 aliphatic rings. The number of aromatic nitrogens is 3. The fourth-order valence-corrected chi connectivity index (χ4v) is 4.74. The summed E-state index contributed by atoms with van der Waals surface area (Å²) in [5.41, 5.74) is 1.74. The van der Waals surface area contributed by atoms with Crippen LogP contribution in [0.3, 0.4) is 0 Å². The van der Waals surface area contributed by atoms with E-state index in [0.717, 1.165) is 51.2 Å². The molecule has 2 heterocycles. The second-order valence-electron chi connectivity index (χ2n) is 6.91. The standard InChI is InChI=1S/C19H22BrN5O2S/c1-27-10-13-9-17(24-18(22-13)21-12-3-5-14(26)6-4-12)25-19-23-15-7-2-11(20)8-16(15)28-19/h2,7-9,12,14,26H,3-6,10H2,1H3,(H2,21,22,23,24,25). The number of halogens is 1. The van der Waals surface area contributed by atoms with E-state index in [1.807, 2.05) is 18.2 Å². The topological polar surface area (TPSA) is 92.2 Å². The molecule has 0 amide bonds. The minimum Gasteiger partial charge on any atom is -0.393 e. The van der Waals surface area contributed by atoms with Gasteiger partial charge in [0, 0.05) is 23.7 Å². The zero-order valence-corrected chi connectivity index (χ0v) is 17.9. The maximum Gasteiger partial charge on any atom is 0.225 e. The monoisotopic (exact) mass is 463 g/mol. The van der Waals surface area contributed by atoms with Gasteiger partial charge in [-0.3, -0.25) is 0 Å². The number of rotatable bonds is 6. The molecule has 4 rings (SSSR count). The van der Waals surface area contributed by atoms with Gasteiger partial charge in [0.25, 0.3) is 0 Å². The lowest BCUT2D eigenvalue weighted by Crippen LogP contribution is -2.29. The predicted molar refractivity (Wildman–Crippen MR) is 115 cm³/mol. The van der Waals surface area contributed by atoms with Gasteiger partial charge >= 0.3 is 0 Å². The van der Waals surface area contributed by atoms with Gasteiger partial charge in [-0.15, -0.1) is 0 Å². The normalized spacial score (nSPS) is 19.7. The van der Waals surface area contributed by atoms with Crippen LogP contribution in [-0.4, -0.2) is 39.3 Å². The van der Waals surface area contributed by atoms with Crippen LogP contribution in [0, 0.1) is 0 Å². The van der Waals surface area contributed by atoms with Crippen molar-refractivity contribution in [3.63, 3.8) is 0 Å². The van der Waals surface area contributed by atoms with E-state index in [2.05, 4.69) is 47.6 Å². The van der Waals surface area contributed by atoms with Crippen molar-refractivity contribution in [2.75, 3.05) is 17.7 Å². The summed E-state index contributed by atoms with van der Waals surface area (Å²) in [6, 6.07) is 8.17. The van der Waals surface area contributed by atoms with Crippen molar-refractivity contribution in [2.45, 2.75) is 44.4 Å². The van der Waals surface area contributed by atoms with Crippen LogP contribution >= 0.6 is 27.3 Å². The first-order valence-electron chi connectivity index (χ1n) is 9.23. The first kappa shape index (κ1) is 19.5. The van der Waals surface area contributed by atoms with Crippen LogP contribution in [0.25, 0.3) is 10.2 Å². The summed E-state index contributed by atoms with van der Waals surface area (Å²) in [6.07, 6.45) is 3.25. The van der Waals surface area contributed by atoms with Gasteiger partial charge in [0.05, 0.1) is 28.6 Å². The summed E-state index contributed by atoms with van der Waals surface area (Å²) in [4.78, 5) is 13.8. The Kier molecular flexibility index (Phi) is 6.05. The first-order valence-corrected chi connectivity index (χ1v) is 10.8. The molecule has 0 unspecified atom stereocenters. The zero-order valence-electron chi connectivity index (χ0n) is 15.5. The number of aliphatic hydroxyl groups is 1. The smallest absolute Gasteiger partial charge is 0.225 e. The number of hydrogen-bond donors (Lipinski definition) is 3. The Morgan fingerprint density at radius 2 is 2.00 bits per heavy atom. The molecular weight excluding hydrogens is 442 g/mol. The fourth-order valence-electron chi connectivity index (χ4n) is 3.31. The van der Waals surface area contributed by atoms with Crippen molar-refractivity contribution in [3.8, 4) is 0 Å². The number of hydrogen-bond acceptors (Lipinski definition) is 8.